The molecule has 0 bridgehead atoms. The molecule has 0 unspecified atom stereocenters. The highest BCUT2D eigenvalue weighted by molar-refractivity contribution is 7.98. The third kappa shape index (κ3) is 8.10. The van der Waals surface area contributed by atoms with E-state index in [0.29, 0.717) is 12.5 Å². The van der Waals surface area contributed by atoms with E-state index in [9.17, 15) is 0 Å². The summed E-state index contributed by atoms with van der Waals surface area (Å²) in [7, 11) is 0. The van der Waals surface area contributed by atoms with Gasteiger partial charge in [0.1, 0.15) is 0 Å². The first-order chi connectivity index (χ1) is 12.3. The second kappa shape index (κ2) is 12.9. The summed E-state index contributed by atoms with van der Waals surface area (Å²) in [6, 6.07) is 10.0. The van der Waals surface area contributed by atoms with E-state index in [2.05, 4.69) is 25.6 Å². The molecule has 0 aliphatic rings. The van der Waals surface area contributed by atoms with Crippen molar-refractivity contribution in [1.29, 1.82) is 5.26 Å². The first kappa shape index (κ1) is 21.6. The average molecular weight is 391 g/mol. The predicted molar refractivity (Wildman–Crippen MR) is 111 cm³/mol. The number of aryl methyl sites for hydroxylation is 1. The maximum Gasteiger partial charge on any atom is 0.205 e. The van der Waals surface area contributed by atoms with Crippen LogP contribution in [0.2, 0.25) is 0 Å². The molecule has 3 N–H and O–H groups in total. The van der Waals surface area contributed by atoms with Gasteiger partial charge in [-0.3, -0.25) is 5.32 Å². The normalized spacial score (nSPS) is 11.0. The first-order valence-corrected chi connectivity index (χ1v) is 9.16. The highest BCUT2D eigenvalue weighted by atomic mass is 35.5. The molecule has 2 aromatic rings. The zero-order chi connectivity index (χ0) is 17.7. The van der Waals surface area contributed by atoms with Crippen LogP contribution in [0.3, 0.4) is 0 Å². The number of rotatable bonds is 8. The van der Waals surface area contributed by atoms with Crippen LogP contribution < -0.4 is 10.6 Å². The van der Waals surface area contributed by atoms with E-state index in [1.807, 2.05) is 55.6 Å². The number of benzene rings is 1. The Kier molecular flexibility index (Phi) is 10.7. The maximum absolute atomic E-state index is 8.81. The van der Waals surface area contributed by atoms with Crippen LogP contribution in [0.25, 0.3) is 6.08 Å². The SMILES string of the molecule is Cc1[nH]cnc1CSCCNC(=NCC=Cc1ccccc1)NC#N.Cl. The van der Waals surface area contributed by atoms with Gasteiger partial charge in [-0.15, -0.1) is 12.4 Å². The molecule has 0 saturated heterocycles. The zero-order valence-electron chi connectivity index (χ0n) is 14.6. The molecule has 1 aromatic heterocycles. The summed E-state index contributed by atoms with van der Waals surface area (Å²) in [5.74, 6) is 2.27. The van der Waals surface area contributed by atoms with E-state index in [-0.39, 0.29) is 12.4 Å². The molecule has 0 atom stereocenters. The summed E-state index contributed by atoms with van der Waals surface area (Å²) in [6.07, 6.45) is 7.60. The lowest BCUT2D eigenvalue weighted by atomic mass is 10.2. The number of thioether (sulfide) groups is 1. The molecule has 6 nitrogen and oxygen atoms in total. The molecule has 1 heterocycles. The Labute approximate surface area is 164 Å². The fourth-order valence-electron chi connectivity index (χ4n) is 2.03. The number of nitrogens with zero attached hydrogens (tertiary/aromatic N) is 3. The molecule has 138 valence electrons. The lowest BCUT2D eigenvalue weighted by molar-refractivity contribution is 0.923. The van der Waals surface area contributed by atoms with Crippen molar-refractivity contribution in [2.75, 3.05) is 18.8 Å². The molecule has 2 rings (SSSR count). The molecule has 0 aliphatic carbocycles. The number of aliphatic imine (C=N–C) groups is 1. The van der Waals surface area contributed by atoms with Crippen molar-refractivity contribution in [3.05, 3.63) is 59.7 Å². The average Bonchev–Trinajstić information content (AvgIpc) is 3.04. The Bertz CT molecular complexity index is 736. The number of nitrogens with one attached hydrogen (secondary N) is 3. The number of aromatic amines is 1. The van der Waals surface area contributed by atoms with Crippen LogP contribution in [0.4, 0.5) is 0 Å². The number of hydrogen-bond donors (Lipinski definition) is 3. The summed E-state index contributed by atoms with van der Waals surface area (Å²) in [5.41, 5.74) is 3.32. The van der Waals surface area contributed by atoms with Gasteiger partial charge in [0.05, 0.1) is 18.6 Å². The molecule has 1 aromatic carbocycles. The number of halogens is 1. The van der Waals surface area contributed by atoms with Crippen LogP contribution in [-0.4, -0.2) is 34.8 Å². The summed E-state index contributed by atoms with van der Waals surface area (Å²) in [6.45, 7) is 3.25. The van der Waals surface area contributed by atoms with Crippen LogP contribution in [0.5, 0.6) is 0 Å². The van der Waals surface area contributed by atoms with Crippen LogP contribution in [-0.2, 0) is 5.75 Å². The Balaban J connectivity index is 0.00000338. The topological polar surface area (TPSA) is 88.9 Å². The second-order valence-electron chi connectivity index (χ2n) is 5.19. The number of hydrogen-bond acceptors (Lipinski definition) is 4. The van der Waals surface area contributed by atoms with E-state index >= 15 is 0 Å². The smallest absolute Gasteiger partial charge is 0.205 e. The van der Waals surface area contributed by atoms with E-state index < -0.39 is 0 Å². The molecule has 0 spiro atoms. The van der Waals surface area contributed by atoms with Crippen molar-refractivity contribution in [1.82, 2.24) is 20.6 Å². The maximum atomic E-state index is 8.81. The minimum Gasteiger partial charge on any atom is -0.355 e. The van der Waals surface area contributed by atoms with Gasteiger partial charge in [0.2, 0.25) is 5.96 Å². The van der Waals surface area contributed by atoms with Gasteiger partial charge in [0.25, 0.3) is 0 Å². The van der Waals surface area contributed by atoms with E-state index in [1.54, 1.807) is 18.1 Å². The van der Waals surface area contributed by atoms with Gasteiger partial charge in [-0.05, 0) is 12.5 Å². The minimum absolute atomic E-state index is 0. The fourth-order valence-corrected chi connectivity index (χ4v) is 2.91. The van der Waals surface area contributed by atoms with E-state index in [4.69, 9.17) is 5.26 Å². The van der Waals surface area contributed by atoms with Crippen LogP contribution in [0, 0.1) is 18.4 Å². The number of guanidine groups is 1. The van der Waals surface area contributed by atoms with Gasteiger partial charge in [0.15, 0.2) is 6.19 Å². The van der Waals surface area contributed by atoms with Crippen molar-refractivity contribution in [3.8, 4) is 6.19 Å². The highest BCUT2D eigenvalue weighted by Crippen LogP contribution is 2.11. The van der Waals surface area contributed by atoms with Gasteiger partial charge in [-0.25, -0.2) is 9.98 Å². The molecule has 26 heavy (non-hydrogen) atoms. The van der Waals surface area contributed by atoms with E-state index in [0.717, 1.165) is 35.0 Å². The molecule has 0 fully saturated rings. The fraction of sp³-hybridized carbons (Fsp3) is 0.278. The van der Waals surface area contributed by atoms with Crippen LogP contribution in [0.1, 0.15) is 17.0 Å². The Hall–Kier alpha value is -2.43. The largest absolute Gasteiger partial charge is 0.355 e. The van der Waals surface area contributed by atoms with Crippen molar-refractivity contribution < 1.29 is 0 Å². The standard InChI is InChI=1S/C18H22N6S.ClH/c1-15-17(24-14-23-15)12-25-11-10-21-18(22-13-19)20-9-5-8-16-6-3-2-4-7-16;/h2-8,14H,9-12H2,1H3,(H,23,24)(H2,20,21,22);1H. The first-order valence-electron chi connectivity index (χ1n) is 8.01. The summed E-state index contributed by atoms with van der Waals surface area (Å²) in [4.78, 5) is 11.7. The quantitative estimate of drug-likeness (QED) is 0.212. The summed E-state index contributed by atoms with van der Waals surface area (Å²) >= 11 is 1.79. The van der Waals surface area contributed by atoms with Crippen LogP contribution in [0.15, 0.2) is 47.7 Å². The number of aromatic nitrogens is 2. The third-order valence-corrected chi connectivity index (χ3v) is 4.32. The number of nitriles is 1. The van der Waals surface area contributed by atoms with Gasteiger partial charge in [-0.1, -0.05) is 42.5 Å². The van der Waals surface area contributed by atoms with Crippen molar-refractivity contribution in [2.45, 2.75) is 12.7 Å². The molecule has 8 heteroatoms. The molecule has 0 saturated carbocycles. The second-order valence-corrected chi connectivity index (χ2v) is 6.30. The Morgan fingerprint density at radius 3 is 2.88 bits per heavy atom. The van der Waals surface area contributed by atoms with Gasteiger partial charge < -0.3 is 10.3 Å². The van der Waals surface area contributed by atoms with Gasteiger partial charge in [-0.2, -0.15) is 17.0 Å². The molecule has 0 aliphatic heterocycles. The van der Waals surface area contributed by atoms with Gasteiger partial charge >= 0.3 is 0 Å². The van der Waals surface area contributed by atoms with Crippen molar-refractivity contribution >= 4 is 36.2 Å². The van der Waals surface area contributed by atoms with Crippen molar-refractivity contribution in [3.63, 3.8) is 0 Å². The Morgan fingerprint density at radius 2 is 2.19 bits per heavy atom. The third-order valence-electron chi connectivity index (χ3n) is 3.35. The summed E-state index contributed by atoms with van der Waals surface area (Å²) in [5, 5.41) is 14.5. The van der Waals surface area contributed by atoms with E-state index in [1.165, 1.54) is 0 Å². The highest BCUT2D eigenvalue weighted by Gasteiger charge is 2.01. The molecular formula is C18H23ClN6S. The molecular weight excluding hydrogens is 368 g/mol. The lowest BCUT2D eigenvalue weighted by Crippen LogP contribution is -2.36. The lowest BCUT2D eigenvalue weighted by Gasteiger charge is -2.07. The van der Waals surface area contributed by atoms with Gasteiger partial charge in [0, 0.05) is 23.7 Å². The summed E-state index contributed by atoms with van der Waals surface area (Å²) < 4.78 is 0. The number of imidazole rings is 1. The monoisotopic (exact) mass is 390 g/mol. The zero-order valence-corrected chi connectivity index (χ0v) is 16.2. The van der Waals surface area contributed by atoms with Crippen molar-refractivity contribution in [2.24, 2.45) is 4.99 Å². The molecule has 0 radical (unpaired) electrons. The Morgan fingerprint density at radius 1 is 1.38 bits per heavy atom. The number of H-pyrrole nitrogens is 1. The minimum atomic E-state index is 0. The molecule has 0 amide bonds. The van der Waals surface area contributed by atoms with Crippen LogP contribution >= 0.6 is 24.2 Å². The predicted octanol–water partition coefficient (Wildman–Crippen LogP) is 3.10.